The first kappa shape index (κ1) is 18.6. The molecule has 1 aliphatic heterocycles. The lowest BCUT2D eigenvalue weighted by atomic mass is 9.53. The van der Waals surface area contributed by atoms with Crippen LogP contribution >= 0.6 is 11.3 Å². The number of nitrogens with zero attached hydrogens (tertiary/aromatic N) is 1. The van der Waals surface area contributed by atoms with Gasteiger partial charge in [0.15, 0.2) is 0 Å². The summed E-state index contributed by atoms with van der Waals surface area (Å²) < 4.78 is 0. The van der Waals surface area contributed by atoms with Crippen molar-refractivity contribution in [2.75, 3.05) is 6.54 Å². The summed E-state index contributed by atoms with van der Waals surface area (Å²) in [5.41, 5.74) is -0.0600. The Bertz CT molecular complexity index is 712. The summed E-state index contributed by atoms with van der Waals surface area (Å²) in [6.45, 7) is 2.84. The van der Waals surface area contributed by atoms with Gasteiger partial charge in [-0.25, -0.2) is 4.79 Å². The molecule has 28 heavy (non-hydrogen) atoms. The second-order valence-corrected chi connectivity index (χ2v) is 10.7. The topological polar surface area (TPSA) is 61.4 Å². The van der Waals surface area contributed by atoms with Crippen molar-refractivity contribution in [3.8, 4) is 0 Å². The molecule has 6 heteroatoms. The average molecular weight is 402 g/mol. The molecule has 0 spiro atoms. The lowest BCUT2D eigenvalue weighted by molar-refractivity contribution is -0.125. The minimum absolute atomic E-state index is 0.0600. The van der Waals surface area contributed by atoms with Gasteiger partial charge in [-0.2, -0.15) is 0 Å². The van der Waals surface area contributed by atoms with Crippen molar-refractivity contribution in [2.45, 2.75) is 75.9 Å². The van der Waals surface area contributed by atoms with Crippen LogP contribution in [0.1, 0.15) is 69.2 Å². The molecule has 1 aromatic rings. The number of hydrogen-bond donors (Lipinski definition) is 2. The molecule has 152 valence electrons. The van der Waals surface area contributed by atoms with Crippen LogP contribution in [0.3, 0.4) is 0 Å². The van der Waals surface area contributed by atoms with E-state index in [0.717, 1.165) is 56.4 Å². The van der Waals surface area contributed by atoms with Gasteiger partial charge in [0.1, 0.15) is 0 Å². The van der Waals surface area contributed by atoms with Gasteiger partial charge < -0.3 is 5.32 Å². The van der Waals surface area contributed by atoms with E-state index in [1.165, 1.54) is 24.1 Å². The predicted octanol–water partition coefficient (Wildman–Crippen LogP) is 4.07. The lowest BCUT2D eigenvalue weighted by Gasteiger charge is -2.56. The van der Waals surface area contributed by atoms with E-state index < -0.39 is 0 Å². The number of carbonyl (C=O) groups is 2. The van der Waals surface area contributed by atoms with Gasteiger partial charge in [0.25, 0.3) is 0 Å². The van der Waals surface area contributed by atoms with Crippen LogP contribution < -0.4 is 10.6 Å². The third-order valence-electron chi connectivity index (χ3n) is 7.70. The van der Waals surface area contributed by atoms with Gasteiger partial charge in [-0.3, -0.25) is 15.0 Å². The molecule has 4 bridgehead atoms. The first-order valence-corrected chi connectivity index (χ1v) is 11.8. The van der Waals surface area contributed by atoms with Crippen molar-refractivity contribution < 1.29 is 9.59 Å². The first-order valence-electron chi connectivity index (χ1n) is 10.9. The van der Waals surface area contributed by atoms with Crippen LogP contribution in [0.2, 0.25) is 0 Å². The molecule has 5 aliphatic rings. The van der Waals surface area contributed by atoms with Gasteiger partial charge >= 0.3 is 6.03 Å². The number of urea groups is 1. The molecule has 0 aromatic carbocycles. The smallest absolute Gasteiger partial charge is 0.321 e. The van der Waals surface area contributed by atoms with E-state index in [9.17, 15) is 9.59 Å². The van der Waals surface area contributed by atoms with Crippen molar-refractivity contribution in [1.29, 1.82) is 0 Å². The zero-order valence-electron chi connectivity index (χ0n) is 16.7. The Kier molecular flexibility index (Phi) is 4.74. The fourth-order valence-electron chi connectivity index (χ4n) is 6.94. The van der Waals surface area contributed by atoms with Crippen molar-refractivity contribution in [1.82, 2.24) is 15.5 Å². The normalized spacial score (nSPS) is 37.8. The molecule has 2 heterocycles. The van der Waals surface area contributed by atoms with E-state index in [4.69, 9.17) is 0 Å². The van der Waals surface area contributed by atoms with Gasteiger partial charge in [0, 0.05) is 16.5 Å². The third-order valence-corrected chi connectivity index (χ3v) is 8.67. The molecule has 5 nitrogen and oxygen atoms in total. The van der Waals surface area contributed by atoms with Crippen LogP contribution in [-0.4, -0.2) is 35.0 Å². The fraction of sp³-hybridized carbons (Fsp3) is 0.727. The van der Waals surface area contributed by atoms with Crippen LogP contribution in [0.4, 0.5) is 4.79 Å². The standard InChI is InChI=1S/C22H31N3O2S/c1-14(25-6-2-4-18(25)19-5-3-7-28-19)20(26)23-21(27)24-22-11-15-8-16(12-22)10-17(9-15)13-22/h3,5,7,14-18H,2,4,6,8-13H2,1H3,(H2,23,24,26,27)/t14-,15?,16?,17?,18-,22?/m1/s1. The summed E-state index contributed by atoms with van der Waals surface area (Å²) in [7, 11) is 0. The number of rotatable bonds is 4. The third kappa shape index (κ3) is 3.39. The number of thiophene rings is 1. The second-order valence-electron chi connectivity index (χ2n) is 9.73. The predicted molar refractivity (Wildman–Crippen MR) is 110 cm³/mol. The van der Waals surface area contributed by atoms with Crippen molar-refractivity contribution in [3.63, 3.8) is 0 Å². The summed E-state index contributed by atoms with van der Waals surface area (Å²) in [4.78, 5) is 29.1. The molecule has 4 aliphatic carbocycles. The van der Waals surface area contributed by atoms with Crippen LogP contribution in [0, 0.1) is 17.8 Å². The van der Waals surface area contributed by atoms with Crippen LogP contribution in [-0.2, 0) is 4.79 Å². The first-order chi connectivity index (χ1) is 13.5. The van der Waals surface area contributed by atoms with E-state index in [1.807, 2.05) is 6.92 Å². The van der Waals surface area contributed by atoms with E-state index >= 15 is 0 Å². The lowest BCUT2D eigenvalue weighted by Crippen LogP contribution is -2.62. The van der Waals surface area contributed by atoms with Gasteiger partial charge in [0.05, 0.1) is 6.04 Å². The molecule has 5 fully saturated rings. The SMILES string of the molecule is C[C@H](C(=O)NC(=O)NC12CC3CC(CC(C3)C1)C2)N1CCC[C@@H]1c1cccs1. The molecule has 1 aromatic heterocycles. The van der Waals surface area contributed by atoms with Crippen LogP contribution in [0.15, 0.2) is 17.5 Å². The van der Waals surface area contributed by atoms with E-state index in [1.54, 1.807) is 11.3 Å². The summed E-state index contributed by atoms with van der Waals surface area (Å²) in [6, 6.07) is 3.94. The highest BCUT2D eigenvalue weighted by atomic mass is 32.1. The highest BCUT2D eigenvalue weighted by Crippen LogP contribution is 2.55. The van der Waals surface area contributed by atoms with E-state index in [2.05, 4.69) is 33.0 Å². The highest BCUT2D eigenvalue weighted by molar-refractivity contribution is 7.10. The molecular weight excluding hydrogens is 370 g/mol. The van der Waals surface area contributed by atoms with Gasteiger partial charge in [-0.1, -0.05) is 6.07 Å². The molecule has 4 saturated carbocycles. The molecule has 6 rings (SSSR count). The Morgan fingerprint density at radius 2 is 1.86 bits per heavy atom. The van der Waals surface area contributed by atoms with Gasteiger partial charge in [0.2, 0.25) is 5.91 Å². The average Bonchev–Trinajstić information content (AvgIpc) is 3.30. The highest BCUT2D eigenvalue weighted by Gasteiger charge is 2.51. The number of hydrogen-bond acceptors (Lipinski definition) is 4. The number of amides is 3. The maximum Gasteiger partial charge on any atom is 0.321 e. The Morgan fingerprint density at radius 3 is 2.46 bits per heavy atom. The molecule has 1 saturated heterocycles. The zero-order chi connectivity index (χ0) is 19.3. The number of likely N-dealkylation sites (tertiary alicyclic amines) is 1. The Hall–Kier alpha value is -1.40. The van der Waals surface area contributed by atoms with Crippen LogP contribution in [0.5, 0.6) is 0 Å². The molecule has 3 amide bonds. The maximum atomic E-state index is 12.8. The van der Waals surface area contributed by atoms with Crippen molar-refractivity contribution in [3.05, 3.63) is 22.4 Å². The van der Waals surface area contributed by atoms with Gasteiger partial charge in [-0.15, -0.1) is 11.3 Å². The molecule has 2 atom stereocenters. The molecule has 0 unspecified atom stereocenters. The Morgan fingerprint density at radius 1 is 1.18 bits per heavy atom. The van der Waals surface area contributed by atoms with Crippen molar-refractivity contribution >= 4 is 23.3 Å². The maximum absolute atomic E-state index is 12.8. The number of nitrogens with one attached hydrogen (secondary N) is 2. The largest absolute Gasteiger partial charge is 0.332 e. The summed E-state index contributed by atoms with van der Waals surface area (Å²) in [5, 5.41) is 8.02. The quantitative estimate of drug-likeness (QED) is 0.799. The summed E-state index contributed by atoms with van der Waals surface area (Å²) >= 11 is 1.75. The fourth-order valence-corrected chi connectivity index (χ4v) is 7.82. The summed E-state index contributed by atoms with van der Waals surface area (Å²) in [6.07, 6.45) is 9.51. The van der Waals surface area contributed by atoms with E-state index in [0.29, 0.717) is 6.04 Å². The monoisotopic (exact) mass is 401 g/mol. The number of imide groups is 1. The van der Waals surface area contributed by atoms with Gasteiger partial charge in [-0.05, 0) is 94.0 Å². The molecule has 2 N–H and O–H groups in total. The Balaban J connectivity index is 1.20. The minimum Gasteiger partial charge on any atom is -0.332 e. The summed E-state index contributed by atoms with van der Waals surface area (Å²) in [5.74, 6) is 2.15. The molecule has 0 radical (unpaired) electrons. The van der Waals surface area contributed by atoms with Crippen molar-refractivity contribution in [2.24, 2.45) is 17.8 Å². The Labute approximate surface area is 171 Å². The minimum atomic E-state index is -0.295. The van der Waals surface area contributed by atoms with E-state index in [-0.39, 0.29) is 23.5 Å². The van der Waals surface area contributed by atoms with Crippen LogP contribution in [0.25, 0.3) is 0 Å². The second kappa shape index (κ2) is 7.13. The molecular formula is C22H31N3O2S. The zero-order valence-corrected chi connectivity index (χ0v) is 17.5. The number of carbonyl (C=O) groups excluding carboxylic acids is 2.